The van der Waals surface area contributed by atoms with Crippen LogP contribution in [0, 0.1) is 6.92 Å². The first-order chi connectivity index (χ1) is 23.4. The number of alkyl halides is 1. The molecule has 0 amide bonds. The molecule has 270 valence electrons. The molecule has 0 bridgehead atoms. The molecule has 0 fully saturated rings. The van der Waals surface area contributed by atoms with Crippen LogP contribution in [0.5, 0.6) is 11.5 Å². The Morgan fingerprint density at radius 2 is 1.42 bits per heavy atom. The molecule has 2 aromatic rings. The van der Waals surface area contributed by atoms with Crippen molar-refractivity contribution in [3.63, 3.8) is 0 Å². The van der Waals surface area contributed by atoms with Gasteiger partial charge in [0, 0.05) is 43.2 Å². The zero-order valence-corrected chi connectivity index (χ0v) is 30.5. The van der Waals surface area contributed by atoms with Gasteiger partial charge < -0.3 is 35.0 Å². The van der Waals surface area contributed by atoms with Gasteiger partial charge in [-0.15, -0.1) is 11.6 Å². The third-order valence-electron chi connectivity index (χ3n) is 8.13. The van der Waals surface area contributed by atoms with Crippen LogP contribution < -0.4 is 31.0 Å². The minimum atomic E-state index is 0.117. The molecule has 0 aliphatic carbocycles. The summed E-state index contributed by atoms with van der Waals surface area (Å²) >= 11 is 5.77. The largest absolute Gasteiger partial charge is 0.495 e. The highest BCUT2D eigenvalue weighted by molar-refractivity contribution is 6.17. The Morgan fingerprint density at radius 1 is 0.812 bits per heavy atom. The van der Waals surface area contributed by atoms with E-state index >= 15 is 0 Å². The summed E-state index contributed by atoms with van der Waals surface area (Å²) in [6.07, 6.45) is 16.1. The smallest absolute Gasteiger partial charge is 0.293 e. The number of allylic oxidation sites excluding steroid dienone is 1. The Morgan fingerprint density at radius 3 is 2.04 bits per heavy atom. The lowest BCUT2D eigenvalue weighted by Gasteiger charge is -2.26. The van der Waals surface area contributed by atoms with Crippen LogP contribution in [0.15, 0.2) is 42.7 Å². The number of nitrogens with zero attached hydrogens (tertiary/aromatic N) is 1. The molecule has 2 aromatic carbocycles. The zero-order chi connectivity index (χ0) is 34.8. The first-order valence-electron chi connectivity index (χ1n) is 17.9. The summed E-state index contributed by atoms with van der Waals surface area (Å²) in [5.74, 6) is 2.04. The van der Waals surface area contributed by atoms with E-state index in [1.807, 2.05) is 0 Å². The van der Waals surface area contributed by atoms with E-state index in [9.17, 15) is 4.79 Å². The highest BCUT2D eigenvalue weighted by Crippen LogP contribution is 2.35. The van der Waals surface area contributed by atoms with Crippen molar-refractivity contribution in [1.29, 1.82) is 0 Å². The number of nitrogen functional groups attached to an aromatic ring is 1. The van der Waals surface area contributed by atoms with Crippen molar-refractivity contribution in [1.82, 2.24) is 0 Å². The molecular formula is C38H61ClN4O5. The molecule has 48 heavy (non-hydrogen) atoms. The van der Waals surface area contributed by atoms with E-state index in [2.05, 4.69) is 61.3 Å². The molecule has 0 aliphatic rings. The standard InChI is InChI=1S/C38H61ClN4O5/c1-5-7-9-11-13-15-21-43(22-16-14-12-10-8-6-2)33-17-18-35(31(3)27-33)41-42-36-29-37(47-24-23-45-30-44)34(40)28-38(36)48-26-25-46-32(4)19-20-39/h17-18,27-30,41-42H,4-16,19-26,40H2,1-3H3. The minimum Gasteiger partial charge on any atom is -0.495 e. The van der Waals surface area contributed by atoms with Crippen LogP contribution in [0.2, 0.25) is 0 Å². The Kier molecular flexibility index (Phi) is 21.7. The van der Waals surface area contributed by atoms with Crippen molar-refractivity contribution >= 4 is 40.8 Å². The van der Waals surface area contributed by atoms with E-state index in [4.69, 9.17) is 36.3 Å². The first kappa shape index (κ1) is 40.7. The normalized spacial score (nSPS) is 10.8. The fourth-order valence-electron chi connectivity index (χ4n) is 5.34. The van der Waals surface area contributed by atoms with E-state index in [-0.39, 0.29) is 19.8 Å². The fraction of sp³-hybridized carbons (Fsp3) is 0.605. The number of halogens is 1. The van der Waals surface area contributed by atoms with Crippen molar-refractivity contribution in [2.75, 3.05) is 66.9 Å². The summed E-state index contributed by atoms with van der Waals surface area (Å²) in [6, 6.07) is 10.1. The Balaban J connectivity index is 2.13. The van der Waals surface area contributed by atoms with Crippen LogP contribution in [0.3, 0.4) is 0 Å². The van der Waals surface area contributed by atoms with E-state index in [0.717, 1.165) is 24.3 Å². The van der Waals surface area contributed by atoms with Gasteiger partial charge in [0.15, 0.2) is 0 Å². The molecule has 10 heteroatoms. The molecule has 0 saturated carbocycles. The molecule has 0 unspecified atom stereocenters. The van der Waals surface area contributed by atoms with E-state index < -0.39 is 0 Å². The molecular weight excluding hydrogens is 628 g/mol. The van der Waals surface area contributed by atoms with E-state index in [0.29, 0.717) is 54.0 Å². The quantitative estimate of drug-likeness (QED) is 0.0185. The van der Waals surface area contributed by atoms with Gasteiger partial charge in [0.25, 0.3) is 6.47 Å². The van der Waals surface area contributed by atoms with Gasteiger partial charge >= 0.3 is 0 Å². The average molecular weight is 689 g/mol. The van der Waals surface area contributed by atoms with Crippen molar-refractivity contribution in [2.24, 2.45) is 0 Å². The SMILES string of the molecule is C=C(CCCl)OCCOc1cc(N)c(OCCOC=O)cc1NNc1ccc(N(CCCCCCCC)CCCCCCCC)cc1C. The topological polar surface area (TPSA) is 107 Å². The average Bonchev–Trinajstić information content (AvgIpc) is 3.08. The lowest BCUT2D eigenvalue weighted by molar-refractivity contribution is -0.129. The Hall–Kier alpha value is -3.46. The number of hydrazine groups is 1. The third kappa shape index (κ3) is 16.6. The maximum absolute atomic E-state index is 10.5. The lowest BCUT2D eigenvalue weighted by atomic mass is 10.1. The molecule has 0 heterocycles. The maximum atomic E-state index is 10.5. The minimum absolute atomic E-state index is 0.117. The molecule has 0 saturated heterocycles. The van der Waals surface area contributed by atoms with Gasteiger partial charge in [0.2, 0.25) is 0 Å². The monoisotopic (exact) mass is 688 g/mol. The molecule has 4 N–H and O–H groups in total. The van der Waals surface area contributed by atoms with Crippen molar-refractivity contribution in [2.45, 2.75) is 104 Å². The number of hydrogen-bond donors (Lipinski definition) is 3. The molecule has 0 aromatic heterocycles. The van der Waals surface area contributed by atoms with Gasteiger partial charge in [-0.3, -0.25) is 10.2 Å². The lowest BCUT2D eigenvalue weighted by Crippen LogP contribution is -2.26. The van der Waals surface area contributed by atoms with Gasteiger partial charge in [-0.2, -0.15) is 0 Å². The van der Waals surface area contributed by atoms with Crippen LogP contribution in [0.1, 0.15) is 103 Å². The highest BCUT2D eigenvalue weighted by Gasteiger charge is 2.13. The number of benzene rings is 2. The second kappa shape index (κ2) is 25.5. The van der Waals surface area contributed by atoms with E-state index in [1.165, 1.54) is 82.7 Å². The number of nitrogens with one attached hydrogen (secondary N) is 2. The number of nitrogens with two attached hydrogens (primary N) is 1. The van der Waals surface area contributed by atoms with Gasteiger partial charge in [-0.1, -0.05) is 84.6 Å². The molecule has 9 nitrogen and oxygen atoms in total. The Bertz CT molecular complexity index is 1170. The number of anilines is 4. The number of ether oxygens (including phenoxy) is 4. The summed E-state index contributed by atoms with van der Waals surface area (Å²) in [5, 5.41) is 0. The van der Waals surface area contributed by atoms with Crippen molar-refractivity contribution in [3.05, 3.63) is 48.2 Å². The van der Waals surface area contributed by atoms with E-state index in [1.54, 1.807) is 12.1 Å². The van der Waals surface area contributed by atoms with Crippen LogP contribution in [-0.2, 0) is 14.3 Å². The number of unbranched alkanes of at least 4 members (excludes halogenated alkanes) is 10. The van der Waals surface area contributed by atoms with Crippen molar-refractivity contribution < 1.29 is 23.7 Å². The number of carbonyl (C=O) groups excluding carboxylic acids is 1. The number of rotatable bonds is 30. The van der Waals surface area contributed by atoms with Gasteiger partial charge in [-0.25, -0.2) is 0 Å². The van der Waals surface area contributed by atoms with Crippen LogP contribution in [0.4, 0.5) is 22.7 Å². The molecule has 2 rings (SSSR count). The second-order valence-electron chi connectivity index (χ2n) is 12.1. The molecule has 0 aliphatic heterocycles. The maximum Gasteiger partial charge on any atom is 0.293 e. The van der Waals surface area contributed by atoms with Gasteiger partial charge in [0.1, 0.15) is 37.9 Å². The summed E-state index contributed by atoms with van der Waals surface area (Å²) < 4.78 is 22.2. The summed E-state index contributed by atoms with van der Waals surface area (Å²) in [6.45, 7) is 14.0. The van der Waals surface area contributed by atoms with Crippen molar-refractivity contribution in [3.8, 4) is 11.5 Å². The highest BCUT2D eigenvalue weighted by atomic mass is 35.5. The predicted octanol–water partition coefficient (Wildman–Crippen LogP) is 9.63. The fourth-order valence-corrected chi connectivity index (χ4v) is 5.55. The molecule has 0 radical (unpaired) electrons. The number of hydrogen-bond acceptors (Lipinski definition) is 9. The number of carbonyl (C=O) groups is 1. The second-order valence-corrected chi connectivity index (χ2v) is 12.5. The van der Waals surface area contributed by atoms with Crippen LogP contribution in [0.25, 0.3) is 0 Å². The van der Waals surface area contributed by atoms with Gasteiger partial charge in [-0.05, 0) is 43.5 Å². The predicted molar refractivity (Wildman–Crippen MR) is 202 cm³/mol. The first-order valence-corrected chi connectivity index (χ1v) is 18.4. The molecule has 0 spiro atoms. The van der Waals surface area contributed by atoms with Crippen LogP contribution >= 0.6 is 11.6 Å². The summed E-state index contributed by atoms with van der Waals surface area (Å²) in [4.78, 5) is 13.1. The number of aryl methyl sites for hydroxylation is 1. The Labute approximate surface area is 294 Å². The van der Waals surface area contributed by atoms with Crippen LogP contribution in [-0.4, -0.2) is 51.9 Å². The van der Waals surface area contributed by atoms with Gasteiger partial charge in [0.05, 0.1) is 22.8 Å². The molecule has 0 atom stereocenters. The third-order valence-corrected chi connectivity index (χ3v) is 8.32. The zero-order valence-electron chi connectivity index (χ0n) is 29.8. The summed E-state index contributed by atoms with van der Waals surface area (Å²) in [5.41, 5.74) is 17.3. The summed E-state index contributed by atoms with van der Waals surface area (Å²) in [7, 11) is 0.